The summed E-state index contributed by atoms with van der Waals surface area (Å²) in [5.74, 6) is 0. The molecule has 4 heterocycles. The Hall–Kier alpha value is -0.180. The molecule has 0 saturated carbocycles. The fraction of sp³-hybridized carbons (Fsp3) is 0.636. The molecule has 2 heteroatoms. The van der Waals surface area contributed by atoms with E-state index in [1.807, 2.05) is 10.6 Å². The third-order valence-electron chi connectivity index (χ3n) is 8.79. The van der Waals surface area contributed by atoms with Crippen molar-refractivity contribution in [2.24, 2.45) is 10.8 Å². The second kappa shape index (κ2) is 4.75. The maximum Gasteiger partial charge on any atom is 0.0173 e. The van der Waals surface area contributed by atoms with Crippen molar-refractivity contribution >= 4 is 15.8 Å². The monoisotopic (exact) mass is 358 g/mol. The van der Waals surface area contributed by atoms with E-state index in [9.17, 15) is 0 Å². The number of hydrogen-bond acceptors (Lipinski definition) is 0. The molecule has 0 radical (unpaired) electrons. The lowest BCUT2D eigenvalue weighted by Gasteiger charge is -2.33. The zero-order valence-electron chi connectivity index (χ0n) is 17.0. The van der Waals surface area contributed by atoms with E-state index in [4.69, 9.17) is 0 Å². The topological polar surface area (TPSA) is 0 Å². The Kier molecular flexibility index (Phi) is 3.41. The first-order chi connectivity index (χ1) is 11.0. The Morgan fingerprint density at radius 2 is 0.875 bits per heavy atom. The van der Waals surface area contributed by atoms with Gasteiger partial charge in [-0.25, -0.2) is 0 Å². The summed E-state index contributed by atoms with van der Waals surface area (Å²) >= 11 is 0. The summed E-state index contributed by atoms with van der Waals surface area (Å²) in [5, 5.41) is 7.12. The van der Waals surface area contributed by atoms with Gasteiger partial charge in [0.1, 0.15) is 0 Å². The molecule has 0 fully saturated rings. The van der Waals surface area contributed by atoms with E-state index in [1.54, 1.807) is 32.9 Å². The van der Waals surface area contributed by atoms with E-state index in [0.29, 0.717) is 10.8 Å². The van der Waals surface area contributed by atoms with E-state index in [1.165, 1.54) is 0 Å². The zero-order valence-corrected chi connectivity index (χ0v) is 18.8. The predicted octanol–water partition coefficient (Wildman–Crippen LogP) is 7.93. The highest BCUT2D eigenvalue weighted by Gasteiger charge is 2.60. The fourth-order valence-electron chi connectivity index (χ4n) is 6.19. The average molecular weight is 358 g/mol. The highest BCUT2D eigenvalue weighted by Crippen LogP contribution is 2.86. The lowest BCUT2D eigenvalue weighted by atomic mass is 9.72. The molecular formula is C22H32P2. The quantitative estimate of drug-likeness (QED) is 0.417. The van der Waals surface area contributed by atoms with E-state index in [-0.39, 0.29) is 15.8 Å². The second-order valence-electron chi connectivity index (χ2n) is 8.86. The Morgan fingerprint density at radius 3 is 1.12 bits per heavy atom. The van der Waals surface area contributed by atoms with Gasteiger partial charge in [0.15, 0.2) is 0 Å². The van der Waals surface area contributed by atoms with Gasteiger partial charge in [0.25, 0.3) is 0 Å². The smallest absolute Gasteiger partial charge is 0.0173 e. The van der Waals surface area contributed by atoms with Gasteiger partial charge in [-0.15, -0.1) is 0 Å². The van der Waals surface area contributed by atoms with Crippen molar-refractivity contribution in [1.82, 2.24) is 0 Å². The third-order valence-corrected chi connectivity index (χ3v) is 15.7. The Morgan fingerprint density at radius 1 is 0.583 bits per heavy atom. The standard InChI is InChI=1S/C22H32P2/c1-11-15(5)23-17(7)21(11,9)13(3)19(23)20-14(4)22(10)12(2)16(6)24(20)18(22)8/h17-18H,1-10H3. The van der Waals surface area contributed by atoms with Crippen LogP contribution in [0.1, 0.15) is 69.2 Å². The minimum Gasteiger partial charge on any atom is -0.0589 e. The summed E-state index contributed by atoms with van der Waals surface area (Å²) < 4.78 is 0. The van der Waals surface area contributed by atoms with E-state index < -0.39 is 0 Å². The van der Waals surface area contributed by atoms with Gasteiger partial charge in [-0.1, -0.05) is 50.0 Å². The number of fused-ring (bicyclic) bond motifs is 4. The van der Waals surface area contributed by atoms with Crippen molar-refractivity contribution in [2.75, 3.05) is 0 Å². The molecule has 130 valence electrons. The van der Waals surface area contributed by atoms with Gasteiger partial charge in [-0.05, 0) is 90.0 Å². The molecule has 0 nitrogen and oxygen atoms in total. The lowest BCUT2D eigenvalue weighted by molar-refractivity contribution is 0.485. The second-order valence-corrected chi connectivity index (χ2v) is 14.1. The van der Waals surface area contributed by atoms with Crippen LogP contribution in [0.15, 0.2) is 43.5 Å². The molecule has 4 rings (SSSR count). The van der Waals surface area contributed by atoms with Gasteiger partial charge in [0.2, 0.25) is 0 Å². The molecule has 0 aromatic heterocycles. The van der Waals surface area contributed by atoms with Gasteiger partial charge >= 0.3 is 0 Å². The molecule has 6 atom stereocenters. The molecule has 6 unspecified atom stereocenters. The van der Waals surface area contributed by atoms with E-state index >= 15 is 0 Å². The molecule has 4 bridgehead atoms. The lowest BCUT2D eigenvalue weighted by Crippen LogP contribution is -2.24. The molecule has 0 aliphatic carbocycles. The van der Waals surface area contributed by atoms with Crippen LogP contribution in [0.4, 0.5) is 0 Å². The summed E-state index contributed by atoms with van der Waals surface area (Å²) in [6.07, 6.45) is 0. The number of allylic oxidation sites excluding steroid dienone is 8. The minimum atomic E-state index is -0.111. The third kappa shape index (κ3) is 1.48. The Labute approximate surface area is 151 Å². The van der Waals surface area contributed by atoms with Crippen molar-refractivity contribution in [3.8, 4) is 0 Å². The molecular weight excluding hydrogens is 326 g/mol. The number of hydrogen-bond donors (Lipinski definition) is 0. The van der Waals surface area contributed by atoms with Crippen molar-refractivity contribution < 1.29 is 0 Å². The summed E-state index contributed by atoms with van der Waals surface area (Å²) in [4.78, 5) is 0. The Balaban J connectivity index is 1.95. The summed E-state index contributed by atoms with van der Waals surface area (Å²) in [5.41, 5.74) is 9.04. The summed E-state index contributed by atoms with van der Waals surface area (Å²) in [6.45, 7) is 24.7. The molecule has 4 aliphatic heterocycles. The van der Waals surface area contributed by atoms with Crippen LogP contribution in [0.2, 0.25) is 0 Å². The summed E-state index contributed by atoms with van der Waals surface area (Å²) in [6, 6.07) is 0. The first-order valence-corrected chi connectivity index (χ1v) is 12.2. The highest BCUT2D eigenvalue weighted by molar-refractivity contribution is 7.73. The van der Waals surface area contributed by atoms with Gasteiger partial charge in [0, 0.05) is 10.8 Å². The van der Waals surface area contributed by atoms with E-state index in [2.05, 4.69) is 69.2 Å². The Bertz CT molecular complexity index is 738. The largest absolute Gasteiger partial charge is 0.0589 e. The molecule has 0 amide bonds. The van der Waals surface area contributed by atoms with E-state index in [0.717, 1.165) is 11.3 Å². The van der Waals surface area contributed by atoms with Crippen molar-refractivity contribution in [2.45, 2.75) is 80.6 Å². The van der Waals surface area contributed by atoms with Crippen LogP contribution in [-0.2, 0) is 0 Å². The first-order valence-electron chi connectivity index (χ1n) is 9.39. The van der Waals surface area contributed by atoms with Crippen molar-refractivity contribution in [3.63, 3.8) is 0 Å². The van der Waals surface area contributed by atoms with Crippen LogP contribution in [-0.4, -0.2) is 11.3 Å². The maximum atomic E-state index is 2.53. The normalized spacial score (nSPS) is 47.2. The van der Waals surface area contributed by atoms with Crippen molar-refractivity contribution in [3.05, 3.63) is 43.5 Å². The van der Waals surface area contributed by atoms with Crippen LogP contribution in [0.3, 0.4) is 0 Å². The SMILES string of the molecule is CC1=C(C)C2(C)C(C)=C(C3=C(C)C4(C)C(C)=C(C)P3C4C)P1C2C. The van der Waals surface area contributed by atoms with Crippen LogP contribution >= 0.6 is 15.8 Å². The maximum absolute atomic E-state index is 2.53. The molecule has 0 aromatic carbocycles. The van der Waals surface area contributed by atoms with Gasteiger partial charge in [-0.3, -0.25) is 0 Å². The zero-order chi connectivity index (χ0) is 17.9. The minimum absolute atomic E-state index is 0.111. The van der Waals surface area contributed by atoms with Gasteiger partial charge in [-0.2, -0.15) is 0 Å². The van der Waals surface area contributed by atoms with Crippen LogP contribution in [0.25, 0.3) is 0 Å². The predicted molar refractivity (Wildman–Crippen MR) is 111 cm³/mol. The molecule has 0 saturated heterocycles. The number of rotatable bonds is 1. The molecule has 4 aliphatic rings. The fourth-order valence-corrected chi connectivity index (χ4v) is 14.4. The average Bonchev–Trinajstić information content (AvgIpc) is 3.00. The molecule has 24 heavy (non-hydrogen) atoms. The molecule has 0 N–H and O–H groups in total. The molecule has 0 aromatic rings. The van der Waals surface area contributed by atoms with Gasteiger partial charge in [0.05, 0.1) is 0 Å². The van der Waals surface area contributed by atoms with Crippen LogP contribution in [0, 0.1) is 10.8 Å². The van der Waals surface area contributed by atoms with Gasteiger partial charge < -0.3 is 0 Å². The first kappa shape index (κ1) is 17.2. The van der Waals surface area contributed by atoms with Crippen LogP contribution in [0.5, 0.6) is 0 Å². The highest BCUT2D eigenvalue weighted by atomic mass is 31.1. The van der Waals surface area contributed by atoms with Crippen molar-refractivity contribution in [1.29, 1.82) is 0 Å². The molecule has 0 spiro atoms. The van der Waals surface area contributed by atoms with Crippen LogP contribution < -0.4 is 0 Å². The summed E-state index contributed by atoms with van der Waals surface area (Å²) in [7, 11) is -0.222.